The van der Waals surface area contributed by atoms with Gasteiger partial charge in [-0.15, -0.1) is 0 Å². The molecule has 120 valence electrons. The van der Waals surface area contributed by atoms with E-state index in [1.165, 1.54) is 25.0 Å². The van der Waals surface area contributed by atoms with E-state index < -0.39 is 16.6 Å². The van der Waals surface area contributed by atoms with Crippen LogP contribution in [0.1, 0.15) is 33.6 Å². The highest BCUT2D eigenvalue weighted by atomic mass is 28.4. The quantitative estimate of drug-likeness (QED) is 0.365. The van der Waals surface area contributed by atoms with Crippen molar-refractivity contribution in [1.29, 1.82) is 0 Å². The predicted octanol–water partition coefficient (Wildman–Crippen LogP) is 4.54. The first-order chi connectivity index (χ1) is 8.72. The van der Waals surface area contributed by atoms with Crippen LogP contribution < -0.4 is 5.32 Å². The summed E-state index contributed by atoms with van der Waals surface area (Å²) in [6, 6.07) is 2.36. The minimum atomic E-state index is -1.59. The summed E-state index contributed by atoms with van der Waals surface area (Å²) in [5.41, 5.74) is 0. The van der Waals surface area contributed by atoms with Crippen LogP contribution in [0.25, 0.3) is 0 Å². The molecule has 1 amide bonds. The van der Waals surface area contributed by atoms with Crippen LogP contribution in [0.5, 0.6) is 0 Å². The van der Waals surface area contributed by atoms with Crippen molar-refractivity contribution in [3.63, 3.8) is 0 Å². The zero-order chi connectivity index (χ0) is 14.9. The molecule has 0 radical (unpaired) electrons. The number of nitrogens with one attached hydrogen (secondary N) is 1. The summed E-state index contributed by atoms with van der Waals surface area (Å²) in [6.07, 6.45) is 4.84. The number of hydrogen-bond donors (Lipinski definition) is 1. The summed E-state index contributed by atoms with van der Waals surface area (Å²) in [5.74, 6) is -0.0851. The molecule has 20 heavy (non-hydrogen) atoms. The van der Waals surface area contributed by atoms with Crippen molar-refractivity contribution in [2.45, 2.75) is 71.9 Å². The first-order valence-corrected chi connectivity index (χ1v) is 13.6. The predicted molar refractivity (Wildman–Crippen MR) is 95.1 cm³/mol. The summed E-state index contributed by atoms with van der Waals surface area (Å²) in [5, 5.41) is 2.82. The Labute approximate surface area is 128 Å². The minimum absolute atomic E-state index is 0. The van der Waals surface area contributed by atoms with E-state index >= 15 is 0 Å². The third-order valence-electron chi connectivity index (χ3n) is 3.13. The van der Waals surface area contributed by atoms with Crippen LogP contribution in [0.15, 0.2) is 12.7 Å². The Balaban J connectivity index is 0. The van der Waals surface area contributed by atoms with Gasteiger partial charge in [-0.05, 0) is 50.8 Å². The van der Waals surface area contributed by atoms with E-state index in [9.17, 15) is 4.79 Å². The maximum atomic E-state index is 11.0. The van der Waals surface area contributed by atoms with Crippen LogP contribution >= 0.6 is 0 Å². The van der Waals surface area contributed by atoms with Crippen molar-refractivity contribution in [3.8, 4) is 0 Å². The van der Waals surface area contributed by atoms with Crippen LogP contribution in [0.2, 0.25) is 38.3 Å². The molecule has 0 bridgehead atoms. The first kappa shape index (κ1) is 21.9. The van der Waals surface area contributed by atoms with Gasteiger partial charge >= 0.3 is 0 Å². The van der Waals surface area contributed by atoms with Crippen LogP contribution in [0.4, 0.5) is 0 Å². The second-order valence-corrected chi connectivity index (χ2v) is 15.2. The molecule has 0 aromatic carbocycles. The molecule has 0 saturated carbocycles. The van der Waals surface area contributed by atoms with Crippen molar-refractivity contribution in [2.75, 3.05) is 6.54 Å². The maximum Gasteiger partial charge on any atom is 0.243 e. The van der Waals surface area contributed by atoms with Crippen molar-refractivity contribution in [1.82, 2.24) is 5.32 Å². The fourth-order valence-electron chi connectivity index (χ4n) is 2.25. The fraction of sp³-hybridized carbons (Fsp3) is 0.800. The van der Waals surface area contributed by atoms with Gasteiger partial charge in [-0.25, -0.2) is 0 Å². The van der Waals surface area contributed by atoms with Gasteiger partial charge in [-0.3, -0.25) is 4.79 Å². The van der Waals surface area contributed by atoms with E-state index in [-0.39, 0.29) is 13.3 Å². The molecule has 0 heterocycles. The van der Waals surface area contributed by atoms with E-state index in [4.69, 9.17) is 4.12 Å². The normalized spacial score (nSPS) is 11.7. The number of carbonyl (C=O) groups excluding carboxylic acids is 1. The van der Waals surface area contributed by atoms with Crippen LogP contribution in [-0.4, -0.2) is 29.1 Å². The zero-order valence-electron chi connectivity index (χ0n) is 13.3. The Morgan fingerprint density at radius 2 is 1.65 bits per heavy atom. The van der Waals surface area contributed by atoms with Gasteiger partial charge in [0.05, 0.1) is 0 Å². The van der Waals surface area contributed by atoms with Gasteiger partial charge in [0, 0.05) is 6.54 Å². The van der Waals surface area contributed by atoms with Gasteiger partial charge in [-0.2, -0.15) is 0 Å². The third kappa shape index (κ3) is 11.4. The molecule has 0 fully saturated rings. The summed E-state index contributed by atoms with van der Waals surface area (Å²) < 4.78 is 6.51. The molecule has 0 aliphatic heterocycles. The number of rotatable bonds is 10. The van der Waals surface area contributed by atoms with Gasteiger partial charge < -0.3 is 9.43 Å². The molecule has 0 aliphatic rings. The van der Waals surface area contributed by atoms with E-state index in [1.807, 2.05) is 0 Å². The average Bonchev–Trinajstić information content (AvgIpc) is 2.30. The molecule has 1 N–H and O–H groups in total. The molecule has 0 aliphatic carbocycles. The van der Waals surface area contributed by atoms with Crippen molar-refractivity contribution in [3.05, 3.63) is 12.7 Å². The Bertz CT molecular complexity index is 292. The molecule has 0 spiro atoms. The zero-order valence-corrected chi connectivity index (χ0v) is 15.3. The molecule has 0 saturated heterocycles. The summed E-state index contributed by atoms with van der Waals surface area (Å²) in [4.78, 5) is 11.0. The number of unbranched alkanes of at least 4 members (excludes halogenated alkanes) is 1. The van der Waals surface area contributed by atoms with Gasteiger partial charge in [0.1, 0.15) is 0 Å². The number of hydrogen-bond acceptors (Lipinski definition) is 2. The summed E-state index contributed by atoms with van der Waals surface area (Å²) in [6.45, 7) is 15.6. The molecular weight excluding hydrogens is 282 g/mol. The minimum Gasteiger partial charge on any atom is -0.455 e. The molecule has 0 atom stereocenters. The largest absolute Gasteiger partial charge is 0.455 e. The van der Waals surface area contributed by atoms with Crippen molar-refractivity contribution in [2.24, 2.45) is 0 Å². The second-order valence-electron chi connectivity index (χ2n) is 6.32. The highest BCUT2D eigenvalue weighted by molar-refractivity contribution is 6.84. The Morgan fingerprint density at radius 1 is 1.15 bits per heavy atom. The van der Waals surface area contributed by atoms with Crippen molar-refractivity contribution >= 4 is 22.5 Å². The summed E-state index contributed by atoms with van der Waals surface area (Å²) >= 11 is 0. The topological polar surface area (TPSA) is 38.3 Å². The van der Waals surface area contributed by atoms with Gasteiger partial charge in [0.25, 0.3) is 0 Å². The SMILES string of the molecule is C.C=CC(=O)NCCC[Si](C)(C)O[Si](C)(C)CCCC. The van der Waals surface area contributed by atoms with Crippen molar-refractivity contribution < 1.29 is 8.91 Å². The lowest BCUT2D eigenvalue weighted by molar-refractivity contribution is -0.116. The molecular formula is C15H35NO2Si2. The standard InChI is InChI=1S/C14H31NO2Si2.CH4/c1-7-9-12-18(3,4)17-19(5,6)13-10-11-15-14(16)8-2;/h8H,2,7,9-13H2,1,3-6H3,(H,15,16);1H4. The molecule has 0 aromatic heterocycles. The van der Waals surface area contributed by atoms with E-state index in [0.29, 0.717) is 0 Å². The van der Waals surface area contributed by atoms with E-state index in [0.717, 1.165) is 19.0 Å². The highest BCUT2D eigenvalue weighted by Gasteiger charge is 2.31. The third-order valence-corrected chi connectivity index (χ3v) is 10.7. The van der Waals surface area contributed by atoms with Crippen LogP contribution in [0.3, 0.4) is 0 Å². The number of carbonyl (C=O) groups is 1. The number of amides is 1. The lowest BCUT2D eigenvalue weighted by atomic mass is 10.4. The Hall–Kier alpha value is -0.396. The first-order valence-electron chi connectivity index (χ1n) is 7.33. The smallest absolute Gasteiger partial charge is 0.243 e. The fourth-order valence-corrected chi connectivity index (χ4v) is 11.3. The van der Waals surface area contributed by atoms with E-state index in [2.05, 4.69) is 45.0 Å². The lowest BCUT2D eigenvalue weighted by Crippen LogP contribution is -2.44. The van der Waals surface area contributed by atoms with Gasteiger partial charge in [0.2, 0.25) is 5.91 Å². The van der Waals surface area contributed by atoms with Crippen LogP contribution in [0, 0.1) is 0 Å². The maximum absolute atomic E-state index is 11.0. The molecule has 3 nitrogen and oxygen atoms in total. The molecule has 0 unspecified atom stereocenters. The summed E-state index contributed by atoms with van der Waals surface area (Å²) in [7, 11) is -3.08. The molecule has 0 rings (SSSR count). The second kappa shape index (κ2) is 10.3. The van der Waals surface area contributed by atoms with E-state index in [1.54, 1.807) is 0 Å². The van der Waals surface area contributed by atoms with Gasteiger partial charge in [0.15, 0.2) is 16.6 Å². The average molecular weight is 318 g/mol. The molecule has 5 heteroatoms. The monoisotopic (exact) mass is 317 g/mol. The Morgan fingerprint density at radius 3 is 2.10 bits per heavy atom. The molecule has 0 aromatic rings. The highest BCUT2D eigenvalue weighted by Crippen LogP contribution is 2.23. The van der Waals surface area contributed by atoms with Crippen LogP contribution in [-0.2, 0) is 8.91 Å². The van der Waals surface area contributed by atoms with Gasteiger partial charge in [-0.1, -0.05) is 33.8 Å². The Kier molecular flexibility index (Phi) is 11.3. The lowest BCUT2D eigenvalue weighted by Gasteiger charge is -2.34.